The van der Waals surface area contributed by atoms with Crippen LogP contribution >= 0.6 is 35.0 Å². The number of hydrogen-bond donors (Lipinski definition) is 1. The number of sulfone groups is 1. The lowest BCUT2D eigenvalue weighted by Crippen LogP contribution is -2.37. The van der Waals surface area contributed by atoms with Gasteiger partial charge < -0.3 is 10.0 Å². The van der Waals surface area contributed by atoms with Crippen molar-refractivity contribution < 1.29 is 23.1 Å². The van der Waals surface area contributed by atoms with Crippen LogP contribution in [0, 0.1) is 0 Å². The quantitative estimate of drug-likeness (QED) is 0.734. The minimum Gasteiger partial charge on any atom is -0.481 e. The molecular weight excluding hydrogens is 435 g/mol. The van der Waals surface area contributed by atoms with Crippen molar-refractivity contribution in [1.82, 2.24) is 0 Å². The Morgan fingerprint density at radius 3 is 2.63 bits per heavy atom. The van der Waals surface area contributed by atoms with Gasteiger partial charge in [-0.25, -0.2) is 8.42 Å². The van der Waals surface area contributed by atoms with E-state index < -0.39 is 21.7 Å². The van der Waals surface area contributed by atoms with Crippen molar-refractivity contribution in [2.45, 2.75) is 30.6 Å². The van der Waals surface area contributed by atoms with Crippen molar-refractivity contribution in [2.75, 3.05) is 16.4 Å². The van der Waals surface area contributed by atoms with Gasteiger partial charge in [-0.2, -0.15) is 4.99 Å². The number of carboxylic acid groups (broad SMARTS) is 1. The number of carbonyl (C=O) groups excluding carboxylic acids is 1. The summed E-state index contributed by atoms with van der Waals surface area (Å²) in [6.45, 7) is 0. The monoisotopic (exact) mass is 450 g/mol. The number of nitrogens with zero attached hydrogens (tertiary/aromatic N) is 2. The van der Waals surface area contributed by atoms with Crippen molar-refractivity contribution in [1.29, 1.82) is 0 Å². The molecule has 7 nitrogen and oxygen atoms in total. The van der Waals surface area contributed by atoms with Gasteiger partial charge in [0, 0.05) is 23.8 Å². The second-order valence-electron chi connectivity index (χ2n) is 6.30. The van der Waals surface area contributed by atoms with E-state index in [0.717, 1.165) is 0 Å². The van der Waals surface area contributed by atoms with Gasteiger partial charge >= 0.3 is 5.97 Å². The zero-order valence-electron chi connectivity index (χ0n) is 14.0. The third kappa shape index (κ3) is 4.77. The molecule has 27 heavy (non-hydrogen) atoms. The number of carboxylic acids is 1. The lowest BCUT2D eigenvalue weighted by molar-refractivity contribution is -0.137. The summed E-state index contributed by atoms with van der Waals surface area (Å²) in [7, 11) is -3.17. The van der Waals surface area contributed by atoms with Crippen molar-refractivity contribution in [2.24, 2.45) is 4.99 Å². The van der Waals surface area contributed by atoms with Gasteiger partial charge in [0.1, 0.15) is 0 Å². The molecule has 0 unspecified atom stereocenters. The van der Waals surface area contributed by atoms with Crippen LogP contribution in [-0.2, 0) is 19.4 Å². The predicted molar refractivity (Wildman–Crippen MR) is 107 cm³/mol. The molecule has 146 valence electrons. The van der Waals surface area contributed by atoms with Gasteiger partial charge in [0.05, 0.1) is 27.6 Å². The Morgan fingerprint density at radius 2 is 1.96 bits per heavy atom. The fourth-order valence-corrected chi connectivity index (χ4v) is 7.28. The normalized spacial score (nSPS) is 25.0. The van der Waals surface area contributed by atoms with Gasteiger partial charge in [-0.05, 0) is 24.6 Å². The van der Waals surface area contributed by atoms with Crippen LogP contribution < -0.4 is 4.90 Å². The Hall–Kier alpha value is -1.29. The summed E-state index contributed by atoms with van der Waals surface area (Å²) >= 11 is 13.3. The number of thioether (sulfide) groups is 1. The maximum atomic E-state index is 12.1. The highest BCUT2D eigenvalue weighted by atomic mass is 35.5. The van der Waals surface area contributed by atoms with Crippen molar-refractivity contribution >= 4 is 67.5 Å². The number of halogens is 2. The summed E-state index contributed by atoms with van der Waals surface area (Å²) in [4.78, 5) is 28.6. The summed E-state index contributed by atoms with van der Waals surface area (Å²) in [5, 5.41) is 9.52. The van der Waals surface area contributed by atoms with Crippen LogP contribution in [0.4, 0.5) is 5.69 Å². The number of aliphatic carboxylic acids is 1. The second kappa shape index (κ2) is 7.98. The number of amides is 1. The van der Waals surface area contributed by atoms with E-state index in [-0.39, 0.29) is 42.1 Å². The minimum atomic E-state index is -3.17. The summed E-state index contributed by atoms with van der Waals surface area (Å²) in [5.41, 5.74) is 0.610. The average molecular weight is 451 g/mol. The molecule has 2 aliphatic rings. The van der Waals surface area contributed by atoms with Crippen LogP contribution in [0.2, 0.25) is 10.0 Å². The van der Waals surface area contributed by atoms with E-state index in [2.05, 4.69) is 4.99 Å². The molecule has 0 aliphatic carbocycles. The van der Waals surface area contributed by atoms with Crippen LogP contribution in [-0.4, -0.2) is 53.4 Å². The van der Waals surface area contributed by atoms with E-state index in [1.54, 1.807) is 23.1 Å². The molecule has 0 bridgehead atoms. The van der Waals surface area contributed by atoms with Gasteiger partial charge in [-0.15, -0.1) is 0 Å². The molecule has 1 N–H and O–H groups in total. The van der Waals surface area contributed by atoms with Crippen molar-refractivity contribution in [3.63, 3.8) is 0 Å². The van der Waals surface area contributed by atoms with Crippen LogP contribution in [0.15, 0.2) is 23.2 Å². The smallest absolute Gasteiger partial charge is 0.303 e. The molecule has 0 spiro atoms. The number of carbonyl (C=O) groups is 2. The Labute approximate surface area is 170 Å². The number of rotatable bonds is 5. The van der Waals surface area contributed by atoms with Crippen molar-refractivity contribution in [3.8, 4) is 0 Å². The zero-order valence-corrected chi connectivity index (χ0v) is 17.1. The molecule has 2 atom stereocenters. The molecule has 11 heteroatoms. The highest BCUT2D eigenvalue weighted by Crippen LogP contribution is 2.42. The van der Waals surface area contributed by atoms with E-state index in [1.807, 2.05) is 0 Å². The maximum Gasteiger partial charge on any atom is 0.303 e. The Bertz CT molecular complexity index is 919. The fourth-order valence-electron chi connectivity index (χ4n) is 3.05. The van der Waals surface area contributed by atoms with E-state index in [1.165, 1.54) is 11.8 Å². The third-order valence-corrected chi connectivity index (χ3v) is 8.20. The first-order chi connectivity index (χ1) is 12.7. The number of fused-ring (bicyclic) bond motifs is 1. The maximum absolute atomic E-state index is 12.1. The lowest BCUT2D eigenvalue weighted by Gasteiger charge is -2.24. The topological polar surface area (TPSA) is 104 Å². The van der Waals surface area contributed by atoms with Crippen molar-refractivity contribution in [3.05, 3.63) is 28.2 Å². The second-order valence-corrected chi connectivity index (χ2v) is 10.5. The first-order valence-corrected chi connectivity index (χ1v) is 11.6. The van der Waals surface area contributed by atoms with Crippen LogP contribution in [0.1, 0.15) is 19.3 Å². The first-order valence-electron chi connectivity index (χ1n) is 8.11. The molecule has 2 fully saturated rings. The molecule has 0 saturated carbocycles. The standard InChI is InChI=1S/C16H16Cl2N2O5S2/c17-10-5-4-9(6-11(10)18)20-12-7-27(24,25)8-13(12)26-16(20)19-14(21)2-1-3-15(22)23/h4-6,12-13H,1-3,7-8H2,(H,22,23)/t12-,13-/m0/s1. The fraction of sp³-hybridized carbons (Fsp3) is 0.438. The molecule has 2 aliphatic heterocycles. The van der Waals surface area contributed by atoms with E-state index >= 15 is 0 Å². The third-order valence-electron chi connectivity index (χ3n) is 4.25. The van der Waals surface area contributed by atoms with E-state index in [9.17, 15) is 18.0 Å². The highest BCUT2D eigenvalue weighted by Gasteiger charge is 2.49. The minimum absolute atomic E-state index is 0.0131. The Morgan fingerprint density at radius 1 is 1.22 bits per heavy atom. The molecule has 2 heterocycles. The van der Waals surface area contributed by atoms with Gasteiger partial charge in [0.25, 0.3) is 0 Å². The molecule has 0 radical (unpaired) electrons. The Balaban J connectivity index is 1.88. The highest BCUT2D eigenvalue weighted by molar-refractivity contribution is 8.16. The Kier molecular flexibility index (Phi) is 6.05. The summed E-state index contributed by atoms with van der Waals surface area (Å²) in [6.07, 6.45) is 0.104. The number of benzene rings is 1. The first kappa shape index (κ1) is 20.4. The van der Waals surface area contributed by atoms with Gasteiger partial charge in [-0.3, -0.25) is 9.59 Å². The van der Waals surface area contributed by atoms with Crippen LogP contribution in [0.3, 0.4) is 0 Å². The zero-order chi connectivity index (χ0) is 19.8. The molecular formula is C16H16Cl2N2O5S2. The largest absolute Gasteiger partial charge is 0.481 e. The van der Waals surface area contributed by atoms with Gasteiger partial charge in [0.2, 0.25) is 5.91 Å². The van der Waals surface area contributed by atoms with E-state index in [0.29, 0.717) is 20.9 Å². The number of hydrogen-bond acceptors (Lipinski definition) is 5. The molecule has 2 saturated heterocycles. The lowest BCUT2D eigenvalue weighted by atomic mass is 10.2. The SMILES string of the molecule is O=C(O)CCCC(=O)N=C1S[C@H]2CS(=O)(=O)C[C@@H]2N1c1ccc(Cl)c(Cl)c1. The summed E-state index contributed by atoms with van der Waals surface area (Å²) in [5.74, 6) is -1.42. The van der Waals surface area contributed by atoms with Gasteiger partial charge in [-0.1, -0.05) is 35.0 Å². The number of amidine groups is 1. The molecule has 3 rings (SSSR count). The van der Waals surface area contributed by atoms with Crippen LogP contribution in [0.5, 0.6) is 0 Å². The predicted octanol–water partition coefficient (Wildman–Crippen LogP) is 2.85. The molecule has 1 amide bonds. The van der Waals surface area contributed by atoms with Gasteiger partial charge in [0.15, 0.2) is 15.0 Å². The summed E-state index contributed by atoms with van der Waals surface area (Å²) in [6, 6.07) is 4.57. The molecule has 1 aromatic carbocycles. The molecule has 1 aromatic rings. The average Bonchev–Trinajstić information content (AvgIpc) is 3.00. The summed E-state index contributed by atoms with van der Waals surface area (Å²) < 4.78 is 24.1. The van der Waals surface area contributed by atoms with Crippen LogP contribution in [0.25, 0.3) is 0 Å². The number of anilines is 1. The number of aliphatic imine (C=N–C) groups is 1. The molecule has 0 aromatic heterocycles. The van der Waals surface area contributed by atoms with E-state index in [4.69, 9.17) is 28.3 Å².